The summed E-state index contributed by atoms with van der Waals surface area (Å²) in [4.78, 5) is 13.6. The van der Waals surface area contributed by atoms with Crippen LogP contribution in [0.25, 0.3) is 0 Å². The Morgan fingerprint density at radius 2 is 1.89 bits per heavy atom. The van der Waals surface area contributed by atoms with Gasteiger partial charge < -0.3 is 20.9 Å². The standard InChI is InChI=1S/C16H21ClF3N5O3/c1-15(2)24-13(21)23-14(22)25(15)28-7-3-6-26-12-5-4-10(8-11(12)17)27-9-16(18,19)20/h4-5,8H,3,6-7,9H2,1-2H3,(H4,21,22,23,24). The van der Waals surface area contributed by atoms with E-state index in [1.165, 1.54) is 23.3 Å². The van der Waals surface area contributed by atoms with Crippen LogP contribution in [0.4, 0.5) is 13.2 Å². The number of alkyl halides is 3. The van der Waals surface area contributed by atoms with Gasteiger partial charge in [0.05, 0.1) is 18.2 Å². The minimum Gasteiger partial charge on any atom is -0.492 e. The molecular formula is C16H21ClF3N5O3. The summed E-state index contributed by atoms with van der Waals surface area (Å²) >= 11 is 6.00. The summed E-state index contributed by atoms with van der Waals surface area (Å²) in [6, 6.07) is 4.04. The third-order valence-electron chi connectivity index (χ3n) is 3.39. The number of rotatable bonds is 8. The number of hydrogen-bond acceptors (Lipinski definition) is 8. The molecule has 0 amide bonds. The van der Waals surface area contributed by atoms with Crippen LogP contribution in [0.15, 0.2) is 28.2 Å². The molecule has 0 fully saturated rings. The van der Waals surface area contributed by atoms with Crippen LogP contribution >= 0.6 is 11.6 Å². The van der Waals surface area contributed by atoms with Gasteiger partial charge in [-0.1, -0.05) is 11.6 Å². The number of nitrogens with zero attached hydrogens (tertiary/aromatic N) is 3. The quantitative estimate of drug-likeness (QED) is 0.622. The average molecular weight is 424 g/mol. The molecule has 1 aliphatic rings. The van der Waals surface area contributed by atoms with Crippen molar-refractivity contribution in [3.63, 3.8) is 0 Å². The lowest BCUT2D eigenvalue weighted by Gasteiger charge is -2.36. The van der Waals surface area contributed by atoms with Gasteiger partial charge in [-0.25, -0.2) is 4.99 Å². The van der Waals surface area contributed by atoms with Crippen molar-refractivity contribution in [1.82, 2.24) is 5.06 Å². The van der Waals surface area contributed by atoms with Gasteiger partial charge in [-0.05, 0) is 26.0 Å². The zero-order valence-electron chi connectivity index (χ0n) is 15.3. The summed E-state index contributed by atoms with van der Waals surface area (Å²) < 4.78 is 46.6. The normalized spacial score (nSPS) is 16.4. The zero-order valence-corrected chi connectivity index (χ0v) is 16.0. The Balaban J connectivity index is 1.77. The molecule has 156 valence electrons. The Morgan fingerprint density at radius 3 is 2.50 bits per heavy atom. The summed E-state index contributed by atoms with van der Waals surface area (Å²) in [5.41, 5.74) is 10.6. The van der Waals surface area contributed by atoms with Crippen molar-refractivity contribution >= 4 is 23.5 Å². The molecule has 0 saturated heterocycles. The molecule has 0 saturated carbocycles. The number of benzene rings is 1. The highest BCUT2D eigenvalue weighted by atomic mass is 35.5. The molecule has 12 heteroatoms. The van der Waals surface area contributed by atoms with E-state index < -0.39 is 18.4 Å². The van der Waals surface area contributed by atoms with Crippen LogP contribution in [0.3, 0.4) is 0 Å². The van der Waals surface area contributed by atoms with E-state index in [-0.39, 0.29) is 35.9 Å². The summed E-state index contributed by atoms with van der Waals surface area (Å²) in [6.07, 6.45) is -3.95. The molecule has 4 N–H and O–H groups in total. The van der Waals surface area contributed by atoms with Gasteiger partial charge >= 0.3 is 6.18 Å². The van der Waals surface area contributed by atoms with Gasteiger partial charge in [0.1, 0.15) is 11.5 Å². The molecule has 1 aromatic rings. The second-order valence-corrected chi connectivity index (χ2v) is 6.67. The second-order valence-electron chi connectivity index (χ2n) is 6.26. The highest BCUT2D eigenvalue weighted by molar-refractivity contribution is 6.32. The fourth-order valence-corrected chi connectivity index (χ4v) is 2.49. The van der Waals surface area contributed by atoms with Crippen LogP contribution in [0.1, 0.15) is 20.3 Å². The molecule has 0 bridgehead atoms. The second kappa shape index (κ2) is 8.74. The Kier molecular flexibility index (Phi) is 6.83. The average Bonchev–Trinajstić information content (AvgIpc) is 2.54. The van der Waals surface area contributed by atoms with Crippen molar-refractivity contribution in [3.05, 3.63) is 23.2 Å². The molecular weight excluding hydrogens is 403 g/mol. The number of hydroxylamine groups is 2. The topological polar surface area (TPSA) is 108 Å². The molecule has 0 radical (unpaired) electrons. The summed E-state index contributed by atoms with van der Waals surface area (Å²) in [5.74, 6) is 0.483. The first-order chi connectivity index (χ1) is 13.0. The van der Waals surface area contributed by atoms with Crippen molar-refractivity contribution in [2.75, 3.05) is 19.8 Å². The molecule has 28 heavy (non-hydrogen) atoms. The molecule has 1 aromatic carbocycles. The highest BCUT2D eigenvalue weighted by Gasteiger charge is 2.33. The lowest BCUT2D eigenvalue weighted by Crippen LogP contribution is -2.53. The number of halogens is 4. The summed E-state index contributed by atoms with van der Waals surface area (Å²) in [6.45, 7) is 2.63. The van der Waals surface area contributed by atoms with E-state index in [1.807, 2.05) is 0 Å². The molecule has 1 aliphatic heterocycles. The maximum Gasteiger partial charge on any atom is 0.422 e. The van der Waals surface area contributed by atoms with Crippen molar-refractivity contribution in [1.29, 1.82) is 0 Å². The van der Waals surface area contributed by atoms with E-state index in [4.69, 9.17) is 32.6 Å². The van der Waals surface area contributed by atoms with Crippen molar-refractivity contribution < 1.29 is 27.5 Å². The highest BCUT2D eigenvalue weighted by Crippen LogP contribution is 2.30. The van der Waals surface area contributed by atoms with E-state index in [0.717, 1.165) is 0 Å². The fourth-order valence-electron chi connectivity index (χ4n) is 2.27. The molecule has 8 nitrogen and oxygen atoms in total. The Bertz CT molecular complexity index is 756. The summed E-state index contributed by atoms with van der Waals surface area (Å²) in [5, 5.41) is 1.49. The molecule has 0 aromatic heterocycles. The van der Waals surface area contributed by atoms with Gasteiger partial charge in [-0.3, -0.25) is 4.84 Å². The van der Waals surface area contributed by atoms with Gasteiger partial charge in [-0.15, -0.1) is 0 Å². The molecule has 0 spiro atoms. The van der Waals surface area contributed by atoms with E-state index in [0.29, 0.717) is 12.2 Å². The zero-order chi connectivity index (χ0) is 20.9. The molecule has 0 aliphatic carbocycles. The SMILES string of the molecule is CC1(C)N=C(N)N=C(N)N1OCCCOc1ccc(OCC(F)(F)F)cc1Cl. The predicted octanol–water partition coefficient (Wildman–Crippen LogP) is 2.66. The number of nitrogens with two attached hydrogens (primary N) is 2. The van der Waals surface area contributed by atoms with Gasteiger partial charge in [0.15, 0.2) is 12.3 Å². The van der Waals surface area contributed by atoms with Gasteiger partial charge in [-0.2, -0.15) is 23.2 Å². The van der Waals surface area contributed by atoms with Crippen LogP contribution in [0, 0.1) is 0 Å². The van der Waals surface area contributed by atoms with Crippen LogP contribution in [0.2, 0.25) is 5.02 Å². The lowest BCUT2D eigenvalue weighted by molar-refractivity contribution is -0.158. The largest absolute Gasteiger partial charge is 0.492 e. The maximum absolute atomic E-state index is 12.2. The van der Waals surface area contributed by atoms with E-state index in [1.54, 1.807) is 13.8 Å². The first-order valence-corrected chi connectivity index (χ1v) is 8.60. The number of aliphatic imine (C=N–C) groups is 2. The fraction of sp³-hybridized carbons (Fsp3) is 0.500. The summed E-state index contributed by atoms with van der Waals surface area (Å²) in [7, 11) is 0. The van der Waals surface area contributed by atoms with E-state index >= 15 is 0 Å². The molecule has 2 rings (SSSR count). The van der Waals surface area contributed by atoms with E-state index in [2.05, 4.69) is 14.7 Å². The Morgan fingerprint density at radius 1 is 1.18 bits per heavy atom. The lowest BCUT2D eigenvalue weighted by atomic mass is 10.2. The first-order valence-electron chi connectivity index (χ1n) is 8.22. The van der Waals surface area contributed by atoms with Crippen LogP contribution in [-0.4, -0.2) is 48.6 Å². The van der Waals surface area contributed by atoms with Gasteiger partial charge in [0.2, 0.25) is 11.9 Å². The van der Waals surface area contributed by atoms with Gasteiger partial charge in [0, 0.05) is 12.5 Å². The van der Waals surface area contributed by atoms with Crippen molar-refractivity contribution in [2.45, 2.75) is 32.1 Å². The smallest absolute Gasteiger partial charge is 0.422 e. The molecule has 0 unspecified atom stereocenters. The number of guanidine groups is 2. The molecule has 0 atom stereocenters. The minimum absolute atomic E-state index is 0.0000663. The first kappa shape index (κ1) is 21.9. The van der Waals surface area contributed by atoms with Gasteiger partial charge in [0.25, 0.3) is 0 Å². The van der Waals surface area contributed by atoms with Crippen LogP contribution in [-0.2, 0) is 4.84 Å². The van der Waals surface area contributed by atoms with Crippen molar-refractivity contribution in [3.8, 4) is 11.5 Å². The monoisotopic (exact) mass is 423 g/mol. The number of ether oxygens (including phenoxy) is 2. The Labute approximate surface area is 164 Å². The predicted molar refractivity (Wildman–Crippen MR) is 98.2 cm³/mol. The third-order valence-corrected chi connectivity index (χ3v) is 3.69. The van der Waals surface area contributed by atoms with Crippen molar-refractivity contribution in [2.24, 2.45) is 21.5 Å². The van der Waals surface area contributed by atoms with E-state index in [9.17, 15) is 13.2 Å². The maximum atomic E-state index is 12.2. The third kappa shape index (κ3) is 6.34. The number of hydrogen-bond donors (Lipinski definition) is 2. The molecule has 1 heterocycles. The van der Waals surface area contributed by atoms with Crippen LogP contribution in [0.5, 0.6) is 11.5 Å². The Hall–Kier alpha value is -2.40. The minimum atomic E-state index is -4.42. The van der Waals surface area contributed by atoms with Crippen LogP contribution < -0.4 is 20.9 Å².